The van der Waals surface area contributed by atoms with Gasteiger partial charge in [-0.3, -0.25) is 0 Å². The molecule has 0 aliphatic rings. The van der Waals surface area contributed by atoms with Crippen LogP contribution in [-0.2, 0) is 4.74 Å². The molecule has 1 rings (SSSR count). The van der Waals surface area contributed by atoms with Gasteiger partial charge in [-0.15, -0.1) is 0 Å². The van der Waals surface area contributed by atoms with E-state index < -0.39 is 11.7 Å². The average Bonchev–Trinajstić information content (AvgIpc) is 2.38. The van der Waals surface area contributed by atoms with Gasteiger partial charge in [-0.05, 0) is 61.4 Å². The molecule has 0 aliphatic carbocycles. The van der Waals surface area contributed by atoms with Gasteiger partial charge in [0.25, 0.3) is 0 Å². The maximum atomic E-state index is 11.1. The number of nitrogens with two attached hydrogens (primary N) is 1. The van der Waals surface area contributed by atoms with E-state index in [-0.39, 0.29) is 6.10 Å². The van der Waals surface area contributed by atoms with Crippen molar-refractivity contribution in [3.05, 3.63) is 27.8 Å². The Kier molecular flexibility index (Phi) is 7.28. The summed E-state index contributed by atoms with van der Waals surface area (Å²) >= 11 is 2.23. The summed E-state index contributed by atoms with van der Waals surface area (Å²) in [5, 5.41) is 0. The summed E-state index contributed by atoms with van der Waals surface area (Å²) in [6.07, 6.45) is 3.10. The van der Waals surface area contributed by atoms with Gasteiger partial charge in [0.05, 0.1) is 3.57 Å². The third-order valence-corrected chi connectivity index (χ3v) is 4.21. The Balaban J connectivity index is 2.86. The van der Waals surface area contributed by atoms with Crippen LogP contribution in [0.15, 0.2) is 24.3 Å². The Morgan fingerprint density at radius 1 is 1.33 bits per heavy atom. The van der Waals surface area contributed by atoms with Crippen molar-refractivity contribution in [2.75, 3.05) is 0 Å². The van der Waals surface area contributed by atoms with E-state index in [1.165, 1.54) is 0 Å². The lowest BCUT2D eigenvalue weighted by Crippen LogP contribution is -2.45. The number of rotatable bonds is 8. The fourth-order valence-electron chi connectivity index (χ4n) is 2.15. The van der Waals surface area contributed by atoms with Gasteiger partial charge in [0, 0.05) is 0 Å². The third-order valence-electron chi connectivity index (χ3n) is 3.31. The first-order valence-electron chi connectivity index (χ1n) is 7.26. The van der Waals surface area contributed by atoms with Crippen molar-refractivity contribution in [3.63, 3.8) is 0 Å². The van der Waals surface area contributed by atoms with Crippen LogP contribution in [0, 0.1) is 3.57 Å². The van der Waals surface area contributed by atoms with Crippen LogP contribution in [-0.4, -0.2) is 17.8 Å². The average molecular weight is 405 g/mol. The minimum absolute atomic E-state index is 0.229. The van der Waals surface area contributed by atoms with Crippen molar-refractivity contribution in [2.24, 2.45) is 5.73 Å². The molecule has 0 spiro atoms. The molecule has 1 aromatic carbocycles. The molecule has 118 valence electrons. The Bertz CT molecular complexity index is 463. The quantitative estimate of drug-likeness (QED) is 0.512. The van der Waals surface area contributed by atoms with E-state index in [0.717, 1.165) is 35.0 Å². The first-order valence-corrected chi connectivity index (χ1v) is 8.34. The van der Waals surface area contributed by atoms with Crippen molar-refractivity contribution in [3.8, 4) is 5.75 Å². The molecule has 0 aromatic heterocycles. The largest absolute Gasteiger partial charge is 0.485 e. The lowest BCUT2D eigenvalue weighted by atomic mass is 9.95. The number of amides is 1. The summed E-state index contributed by atoms with van der Waals surface area (Å²) in [6, 6.07) is 7.81. The van der Waals surface area contributed by atoms with Gasteiger partial charge < -0.3 is 15.2 Å². The zero-order valence-corrected chi connectivity index (χ0v) is 15.1. The van der Waals surface area contributed by atoms with Gasteiger partial charge in [0.2, 0.25) is 0 Å². The first-order chi connectivity index (χ1) is 9.86. The molecule has 1 atom stereocenters. The zero-order valence-electron chi connectivity index (χ0n) is 12.9. The second-order valence-electron chi connectivity index (χ2n) is 5.56. The minimum Gasteiger partial charge on any atom is -0.485 e. The molecule has 0 saturated carbocycles. The standard InChI is InChI=1S/C16H24INO3/c1-4-5-6-11-14(16(2,3)21-15(18)19)20-13-10-8-7-9-12(13)17/h7-10,14H,4-6,11H2,1-3H3,(H2,18,19)/t14-/m0/s1. The van der Waals surface area contributed by atoms with Crippen molar-refractivity contribution in [2.45, 2.75) is 58.2 Å². The van der Waals surface area contributed by atoms with Crippen LogP contribution in [0.5, 0.6) is 5.75 Å². The van der Waals surface area contributed by atoms with E-state index in [2.05, 4.69) is 29.5 Å². The molecule has 21 heavy (non-hydrogen) atoms. The number of primary amides is 1. The molecule has 0 radical (unpaired) electrons. The van der Waals surface area contributed by atoms with Gasteiger partial charge >= 0.3 is 6.09 Å². The Morgan fingerprint density at radius 2 is 2.00 bits per heavy atom. The number of ether oxygens (including phenoxy) is 2. The summed E-state index contributed by atoms with van der Waals surface area (Å²) in [6.45, 7) is 5.83. The lowest BCUT2D eigenvalue weighted by Gasteiger charge is -2.34. The highest BCUT2D eigenvalue weighted by Gasteiger charge is 2.34. The second-order valence-corrected chi connectivity index (χ2v) is 6.72. The zero-order chi connectivity index (χ0) is 15.9. The van der Waals surface area contributed by atoms with Gasteiger partial charge in [0.1, 0.15) is 17.5 Å². The van der Waals surface area contributed by atoms with Gasteiger partial charge in [0.15, 0.2) is 0 Å². The SMILES string of the molecule is CCCCC[C@H](Oc1ccccc1I)C(C)(C)OC(N)=O. The van der Waals surface area contributed by atoms with Crippen LogP contribution in [0.25, 0.3) is 0 Å². The Labute approximate surface area is 140 Å². The van der Waals surface area contributed by atoms with Crippen LogP contribution < -0.4 is 10.5 Å². The van der Waals surface area contributed by atoms with E-state index >= 15 is 0 Å². The molecule has 4 nitrogen and oxygen atoms in total. The number of benzene rings is 1. The Hall–Kier alpha value is -0.980. The van der Waals surface area contributed by atoms with Crippen LogP contribution in [0.1, 0.15) is 46.5 Å². The van der Waals surface area contributed by atoms with Crippen molar-refractivity contribution in [1.29, 1.82) is 0 Å². The van der Waals surface area contributed by atoms with E-state index in [0.29, 0.717) is 0 Å². The highest BCUT2D eigenvalue weighted by Crippen LogP contribution is 2.28. The maximum absolute atomic E-state index is 11.1. The molecule has 0 heterocycles. The van der Waals surface area contributed by atoms with Crippen molar-refractivity contribution in [1.82, 2.24) is 0 Å². The molecule has 0 aliphatic heterocycles. The molecule has 0 fully saturated rings. The fraction of sp³-hybridized carbons (Fsp3) is 0.562. The molecule has 0 unspecified atom stereocenters. The number of hydrogen-bond donors (Lipinski definition) is 1. The highest BCUT2D eigenvalue weighted by atomic mass is 127. The van der Waals surface area contributed by atoms with Crippen molar-refractivity contribution < 1.29 is 14.3 Å². The molecule has 2 N–H and O–H groups in total. The smallest absolute Gasteiger partial charge is 0.405 e. The Morgan fingerprint density at radius 3 is 2.57 bits per heavy atom. The number of para-hydroxylation sites is 1. The summed E-state index contributed by atoms with van der Waals surface area (Å²) < 4.78 is 12.4. The van der Waals surface area contributed by atoms with Crippen LogP contribution in [0.4, 0.5) is 4.79 Å². The number of carbonyl (C=O) groups is 1. The van der Waals surface area contributed by atoms with E-state index in [9.17, 15) is 4.79 Å². The van der Waals surface area contributed by atoms with E-state index in [1.807, 2.05) is 38.1 Å². The molecule has 5 heteroatoms. The maximum Gasteiger partial charge on any atom is 0.405 e. The highest BCUT2D eigenvalue weighted by molar-refractivity contribution is 14.1. The molecule has 1 amide bonds. The van der Waals surface area contributed by atoms with E-state index in [1.54, 1.807) is 0 Å². The van der Waals surface area contributed by atoms with Crippen molar-refractivity contribution >= 4 is 28.7 Å². The first kappa shape index (κ1) is 18.1. The number of unbranched alkanes of at least 4 members (excludes halogenated alkanes) is 2. The number of halogens is 1. The molecule has 1 aromatic rings. The predicted octanol–water partition coefficient (Wildman–Crippen LogP) is 4.49. The summed E-state index contributed by atoms with van der Waals surface area (Å²) in [4.78, 5) is 11.1. The topological polar surface area (TPSA) is 61.6 Å². The van der Waals surface area contributed by atoms with Gasteiger partial charge in [-0.2, -0.15) is 0 Å². The summed E-state index contributed by atoms with van der Waals surface area (Å²) in [5.74, 6) is 0.806. The number of hydrogen-bond acceptors (Lipinski definition) is 3. The molecule has 0 saturated heterocycles. The van der Waals surface area contributed by atoms with Crippen LogP contribution in [0.2, 0.25) is 0 Å². The summed E-state index contributed by atoms with van der Waals surface area (Å²) in [7, 11) is 0. The fourth-order valence-corrected chi connectivity index (χ4v) is 2.66. The third kappa shape index (κ3) is 6.11. The van der Waals surface area contributed by atoms with Gasteiger partial charge in [-0.25, -0.2) is 4.79 Å². The van der Waals surface area contributed by atoms with E-state index in [4.69, 9.17) is 15.2 Å². The van der Waals surface area contributed by atoms with Crippen LogP contribution in [0.3, 0.4) is 0 Å². The predicted molar refractivity (Wildman–Crippen MR) is 92.5 cm³/mol. The molecular weight excluding hydrogens is 381 g/mol. The lowest BCUT2D eigenvalue weighted by molar-refractivity contribution is -0.0465. The normalized spacial score (nSPS) is 12.8. The number of carbonyl (C=O) groups excluding carboxylic acids is 1. The van der Waals surface area contributed by atoms with Gasteiger partial charge in [-0.1, -0.05) is 31.9 Å². The monoisotopic (exact) mass is 405 g/mol. The molecular formula is C16H24INO3. The second kappa shape index (κ2) is 8.46. The van der Waals surface area contributed by atoms with Crippen LogP contribution >= 0.6 is 22.6 Å². The summed E-state index contributed by atoms with van der Waals surface area (Å²) in [5.41, 5.74) is 4.41. The molecule has 0 bridgehead atoms. The minimum atomic E-state index is -0.771.